The molecule has 6 heteroatoms. The van der Waals surface area contributed by atoms with E-state index < -0.39 is 0 Å². The Kier molecular flexibility index (Phi) is 6.25. The summed E-state index contributed by atoms with van der Waals surface area (Å²) in [6, 6.07) is 18.4. The lowest BCUT2D eigenvalue weighted by molar-refractivity contribution is -0.121. The van der Waals surface area contributed by atoms with Crippen LogP contribution in [0.2, 0.25) is 0 Å². The number of ether oxygens (including phenoxy) is 1. The van der Waals surface area contributed by atoms with Gasteiger partial charge in [-0.25, -0.2) is 0 Å². The molecule has 1 aromatic heterocycles. The maximum atomic E-state index is 12.7. The number of likely N-dealkylation sites (tertiary alicyclic amines) is 1. The molecule has 2 N–H and O–H groups in total. The van der Waals surface area contributed by atoms with Gasteiger partial charge >= 0.3 is 0 Å². The van der Waals surface area contributed by atoms with E-state index in [-0.39, 0.29) is 11.8 Å². The summed E-state index contributed by atoms with van der Waals surface area (Å²) in [5.41, 5.74) is 1.85. The number of aromatic nitrogens is 1. The van der Waals surface area contributed by atoms with Crippen molar-refractivity contribution in [3.05, 3.63) is 78.6 Å². The highest BCUT2D eigenvalue weighted by Gasteiger charge is 2.25. The van der Waals surface area contributed by atoms with Crippen molar-refractivity contribution in [3.63, 3.8) is 0 Å². The molecule has 0 atom stereocenters. The molecule has 154 valence electrons. The number of carbonyl (C=O) groups excluding carboxylic acids is 1. The van der Waals surface area contributed by atoms with Crippen molar-refractivity contribution in [2.75, 3.05) is 18.4 Å². The van der Waals surface area contributed by atoms with Crippen LogP contribution in [0.3, 0.4) is 0 Å². The number of piperidine rings is 1. The standard InChI is InChI=1S/C24H25N3O3/c28-21-4-1-3-18(15-21)17-27-13-10-19(11-14-27)24(29)26-20-6-8-22(9-7-20)30-23-5-2-12-25-16-23/h1-9,12,15-16,19,28H,10-11,13-14,17H2,(H,26,29). The van der Waals surface area contributed by atoms with Crippen molar-refractivity contribution in [3.8, 4) is 17.2 Å². The molecule has 0 radical (unpaired) electrons. The molecule has 0 aliphatic carbocycles. The van der Waals surface area contributed by atoms with E-state index in [4.69, 9.17) is 4.74 Å². The van der Waals surface area contributed by atoms with Gasteiger partial charge in [-0.1, -0.05) is 12.1 Å². The smallest absolute Gasteiger partial charge is 0.227 e. The summed E-state index contributed by atoms with van der Waals surface area (Å²) in [7, 11) is 0. The number of carbonyl (C=O) groups is 1. The average molecular weight is 403 g/mol. The topological polar surface area (TPSA) is 74.7 Å². The summed E-state index contributed by atoms with van der Waals surface area (Å²) in [6.45, 7) is 2.53. The van der Waals surface area contributed by atoms with E-state index in [1.54, 1.807) is 24.5 Å². The first kappa shape index (κ1) is 19.9. The molecule has 2 heterocycles. The zero-order chi connectivity index (χ0) is 20.8. The van der Waals surface area contributed by atoms with Crippen LogP contribution in [0.15, 0.2) is 73.1 Å². The van der Waals surface area contributed by atoms with Gasteiger partial charge in [0.25, 0.3) is 0 Å². The fourth-order valence-corrected chi connectivity index (χ4v) is 3.66. The molecule has 0 spiro atoms. The second-order valence-electron chi connectivity index (χ2n) is 7.52. The molecule has 6 nitrogen and oxygen atoms in total. The van der Waals surface area contributed by atoms with E-state index in [0.717, 1.165) is 43.7 Å². The number of rotatable bonds is 6. The molecule has 1 saturated heterocycles. The lowest BCUT2D eigenvalue weighted by Gasteiger charge is -2.31. The fourth-order valence-electron chi connectivity index (χ4n) is 3.66. The summed E-state index contributed by atoms with van der Waals surface area (Å²) in [5, 5.41) is 12.6. The molecule has 4 rings (SSSR count). The quantitative estimate of drug-likeness (QED) is 0.637. The monoisotopic (exact) mass is 403 g/mol. The normalized spacial score (nSPS) is 14.9. The summed E-state index contributed by atoms with van der Waals surface area (Å²) >= 11 is 0. The summed E-state index contributed by atoms with van der Waals surface area (Å²) in [4.78, 5) is 19.0. The van der Waals surface area contributed by atoms with Gasteiger partial charge in [-0.05, 0) is 80.0 Å². The lowest BCUT2D eigenvalue weighted by atomic mass is 9.95. The molecule has 1 fully saturated rings. The number of phenolic OH excluding ortho intramolecular Hbond substituents is 1. The number of hydrogen-bond acceptors (Lipinski definition) is 5. The van der Waals surface area contributed by atoms with E-state index >= 15 is 0 Å². The van der Waals surface area contributed by atoms with Crippen molar-refractivity contribution in [2.24, 2.45) is 5.92 Å². The number of nitrogens with one attached hydrogen (secondary N) is 1. The Morgan fingerprint density at radius 3 is 2.57 bits per heavy atom. The van der Waals surface area contributed by atoms with Gasteiger partial charge in [0.05, 0.1) is 6.20 Å². The van der Waals surface area contributed by atoms with Crippen LogP contribution in [0.1, 0.15) is 18.4 Å². The predicted octanol–water partition coefficient (Wildman–Crippen LogP) is 4.43. The number of benzene rings is 2. The third-order valence-corrected chi connectivity index (χ3v) is 5.27. The van der Waals surface area contributed by atoms with E-state index in [2.05, 4.69) is 15.2 Å². The third-order valence-electron chi connectivity index (χ3n) is 5.27. The number of pyridine rings is 1. The number of amides is 1. The first-order valence-electron chi connectivity index (χ1n) is 10.1. The minimum Gasteiger partial charge on any atom is -0.508 e. The van der Waals surface area contributed by atoms with Crippen molar-refractivity contribution < 1.29 is 14.6 Å². The zero-order valence-electron chi connectivity index (χ0n) is 16.7. The van der Waals surface area contributed by atoms with Crippen LogP contribution in [0.25, 0.3) is 0 Å². The van der Waals surface area contributed by atoms with Crippen molar-refractivity contribution >= 4 is 11.6 Å². The SMILES string of the molecule is O=C(Nc1ccc(Oc2cccnc2)cc1)C1CCN(Cc2cccc(O)c2)CC1. The second-order valence-corrected chi connectivity index (χ2v) is 7.52. The third kappa shape index (κ3) is 5.36. The molecule has 1 amide bonds. The van der Waals surface area contributed by atoms with Gasteiger partial charge < -0.3 is 15.2 Å². The van der Waals surface area contributed by atoms with Gasteiger partial charge in [-0.15, -0.1) is 0 Å². The zero-order valence-corrected chi connectivity index (χ0v) is 16.7. The maximum Gasteiger partial charge on any atom is 0.227 e. The highest BCUT2D eigenvalue weighted by molar-refractivity contribution is 5.92. The predicted molar refractivity (Wildman–Crippen MR) is 115 cm³/mol. The lowest BCUT2D eigenvalue weighted by Crippen LogP contribution is -2.37. The van der Waals surface area contributed by atoms with E-state index in [0.29, 0.717) is 17.2 Å². The largest absolute Gasteiger partial charge is 0.508 e. The first-order valence-corrected chi connectivity index (χ1v) is 10.1. The summed E-state index contributed by atoms with van der Waals surface area (Å²) in [5.74, 6) is 1.73. The number of aromatic hydroxyl groups is 1. The van der Waals surface area contributed by atoms with Gasteiger partial charge in [-0.3, -0.25) is 14.7 Å². The highest BCUT2D eigenvalue weighted by atomic mass is 16.5. The van der Waals surface area contributed by atoms with Crippen molar-refractivity contribution in [1.29, 1.82) is 0 Å². The van der Waals surface area contributed by atoms with Crippen LogP contribution in [-0.2, 0) is 11.3 Å². The minimum atomic E-state index is 0.0109. The van der Waals surface area contributed by atoms with Gasteiger partial charge in [-0.2, -0.15) is 0 Å². The Balaban J connectivity index is 1.25. The van der Waals surface area contributed by atoms with Crippen molar-refractivity contribution in [2.45, 2.75) is 19.4 Å². The van der Waals surface area contributed by atoms with Crippen molar-refractivity contribution in [1.82, 2.24) is 9.88 Å². The molecule has 2 aromatic carbocycles. The Bertz CT molecular complexity index is 969. The fraction of sp³-hybridized carbons (Fsp3) is 0.250. The van der Waals surface area contributed by atoms with Crippen LogP contribution in [-0.4, -0.2) is 34.0 Å². The minimum absolute atomic E-state index is 0.0109. The molecular formula is C24H25N3O3. The van der Waals surface area contributed by atoms with Gasteiger partial charge in [0.15, 0.2) is 0 Å². The molecular weight excluding hydrogens is 378 g/mol. The van der Waals surface area contributed by atoms with E-state index in [9.17, 15) is 9.90 Å². The summed E-state index contributed by atoms with van der Waals surface area (Å²) < 4.78 is 5.73. The highest BCUT2D eigenvalue weighted by Crippen LogP contribution is 2.24. The number of nitrogens with zero attached hydrogens (tertiary/aromatic N) is 2. The second kappa shape index (κ2) is 9.41. The molecule has 1 aliphatic rings. The van der Waals surface area contributed by atoms with Crippen LogP contribution < -0.4 is 10.1 Å². The molecule has 0 unspecified atom stereocenters. The van der Waals surface area contributed by atoms with E-state index in [1.807, 2.05) is 48.5 Å². The number of phenols is 1. The van der Waals surface area contributed by atoms with Crippen LogP contribution in [0.4, 0.5) is 5.69 Å². The molecule has 0 bridgehead atoms. The molecule has 30 heavy (non-hydrogen) atoms. The molecule has 0 saturated carbocycles. The average Bonchev–Trinajstić information content (AvgIpc) is 2.76. The van der Waals surface area contributed by atoms with E-state index in [1.165, 1.54) is 0 Å². The Hall–Kier alpha value is -3.38. The van der Waals surface area contributed by atoms with Gasteiger partial charge in [0.1, 0.15) is 17.2 Å². The maximum absolute atomic E-state index is 12.7. The first-order chi connectivity index (χ1) is 14.7. The number of hydrogen-bond donors (Lipinski definition) is 2. The number of anilines is 1. The molecule has 1 aliphatic heterocycles. The van der Waals surface area contributed by atoms with Gasteiger partial charge in [0, 0.05) is 24.3 Å². The Labute approximate surface area is 176 Å². The summed E-state index contributed by atoms with van der Waals surface area (Å²) in [6.07, 6.45) is 5.00. The van der Waals surface area contributed by atoms with Gasteiger partial charge in [0.2, 0.25) is 5.91 Å². The van der Waals surface area contributed by atoms with Crippen LogP contribution in [0, 0.1) is 5.92 Å². The molecule has 3 aromatic rings. The Morgan fingerprint density at radius 1 is 1.07 bits per heavy atom. The van der Waals surface area contributed by atoms with Crippen LogP contribution >= 0.6 is 0 Å². The Morgan fingerprint density at radius 2 is 1.87 bits per heavy atom. The van der Waals surface area contributed by atoms with Crippen LogP contribution in [0.5, 0.6) is 17.2 Å².